The molecule has 1 fully saturated rings. The van der Waals surface area contributed by atoms with Gasteiger partial charge in [0.25, 0.3) is 5.56 Å². The van der Waals surface area contributed by atoms with E-state index in [-0.39, 0.29) is 17.4 Å². The van der Waals surface area contributed by atoms with E-state index in [1.807, 2.05) is 0 Å². The Labute approximate surface area is 123 Å². The molecule has 114 valence electrons. The summed E-state index contributed by atoms with van der Waals surface area (Å²) in [4.78, 5) is 23.9. The van der Waals surface area contributed by atoms with E-state index in [2.05, 4.69) is 10.4 Å². The molecule has 0 spiro atoms. The molecule has 6 heteroatoms. The molecule has 21 heavy (non-hydrogen) atoms. The summed E-state index contributed by atoms with van der Waals surface area (Å²) in [5, 5.41) is 7.30. The summed E-state index contributed by atoms with van der Waals surface area (Å²) in [6.45, 7) is 2.19. The van der Waals surface area contributed by atoms with Gasteiger partial charge in [0.2, 0.25) is 5.91 Å². The fourth-order valence-corrected chi connectivity index (χ4v) is 2.99. The van der Waals surface area contributed by atoms with Gasteiger partial charge in [-0.15, -0.1) is 0 Å². The lowest BCUT2D eigenvalue weighted by Crippen LogP contribution is -2.37. The molecule has 0 saturated carbocycles. The van der Waals surface area contributed by atoms with Gasteiger partial charge in [0.05, 0.1) is 12.2 Å². The number of aryl methyl sites for hydroxylation is 2. The zero-order valence-electron chi connectivity index (χ0n) is 12.1. The molecule has 1 amide bonds. The summed E-state index contributed by atoms with van der Waals surface area (Å²) in [6.07, 6.45) is 4.54. The third-order valence-corrected chi connectivity index (χ3v) is 4.24. The summed E-state index contributed by atoms with van der Waals surface area (Å²) >= 11 is 0. The predicted molar refractivity (Wildman–Crippen MR) is 77.1 cm³/mol. The number of aromatic nitrogens is 2. The smallest absolute Gasteiger partial charge is 0.267 e. The molecule has 2 aliphatic rings. The number of nitrogens with zero attached hydrogens (tertiary/aromatic N) is 2. The molecule has 3 rings (SSSR count). The average Bonchev–Trinajstić information content (AvgIpc) is 2.95. The van der Waals surface area contributed by atoms with Crippen molar-refractivity contribution in [2.75, 3.05) is 19.8 Å². The number of nitrogens with one attached hydrogen (secondary N) is 1. The van der Waals surface area contributed by atoms with Gasteiger partial charge in [0.1, 0.15) is 0 Å². The van der Waals surface area contributed by atoms with Crippen LogP contribution in [0.25, 0.3) is 0 Å². The van der Waals surface area contributed by atoms with E-state index in [9.17, 15) is 9.59 Å². The maximum Gasteiger partial charge on any atom is 0.267 e. The van der Waals surface area contributed by atoms with Crippen molar-refractivity contribution >= 4 is 5.91 Å². The first kappa shape index (κ1) is 14.3. The number of fused-ring (bicyclic) bond motifs is 1. The SMILES string of the molecule is O=C(NCCn1nc2c(cc1=O)CCC2)C1CCOCC1. The van der Waals surface area contributed by atoms with Gasteiger partial charge in [-0.05, 0) is 37.7 Å². The quantitative estimate of drug-likeness (QED) is 0.864. The number of carbonyl (C=O) groups excluding carboxylic acids is 1. The van der Waals surface area contributed by atoms with Crippen LogP contribution in [0.4, 0.5) is 0 Å². The third kappa shape index (κ3) is 3.32. The minimum Gasteiger partial charge on any atom is -0.381 e. The van der Waals surface area contributed by atoms with Crippen LogP contribution in [-0.4, -0.2) is 35.4 Å². The van der Waals surface area contributed by atoms with E-state index < -0.39 is 0 Å². The lowest BCUT2D eigenvalue weighted by molar-refractivity contribution is -0.127. The highest BCUT2D eigenvalue weighted by molar-refractivity contribution is 5.78. The fraction of sp³-hybridized carbons (Fsp3) is 0.667. The molecule has 2 heterocycles. The molecule has 1 aliphatic carbocycles. The molecule has 0 bridgehead atoms. The highest BCUT2D eigenvalue weighted by atomic mass is 16.5. The highest BCUT2D eigenvalue weighted by Crippen LogP contribution is 2.17. The van der Waals surface area contributed by atoms with E-state index in [1.165, 1.54) is 4.68 Å². The third-order valence-electron chi connectivity index (χ3n) is 4.24. The Morgan fingerprint density at radius 2 is 2.19 bits per heavy atom. The number of ether oxygens (including phenoxy) is 1. The minimum absolute atomic E-state index is 0.0449. The molecule has 6 nitrogen and oxygen atoms in total. The van der Waals surface area contributed by atoms with Crippen LogP contribution < -0.4 is 10.9 Å². The van der Waals surface area contributed by atoms with Gasteiger partial charge >= 0.3 is 0 Å². The molecule has 0 radical (unpaired) electrons. The van der Waals surface area contributed by atoms with Crippen molar-refractivity contribution < 1.29 is 9.53 Å². The van der Waals surface area contributed by atoms with Gasteiger partial charge in [0, 0.05) is 31.7 Å². The maximum atomic E-state index is 12.0. The van der Waals surface area contributed by atoms with E-state index >= 15 is 0 Å². The summed E-state index contributed by atoms with van der Waals surface area (Å²) in [5.74, 6) is 0.107. The van der Waals surface area contributed by atoms with Crippen LogP contribution in [-0.2, 0) is 28.9 Å². The summed E-state index contributed by atoms with van der Waals surface area (Å²) in [5.41, 5.74) is 2.05. The van der Waals surface area contributed by atoms with Crippen LogP contribution >= 0.6 is 0 Å². The standard InChI is InChI=1S/C15H21N3O3/c19-14-10-12-2-1-3-13(12)17-18(14)7-6-16-15(20)11-4-8-21-9-5-11/h10-11H,1-9H2,(H,16,20). The summed E-state index contributed by atoms with van der Waals surface area (Å²) in [6, 6.07) is 1.69. The largest absolute Gasteiger partial charge is 0.381 e. The van der Waals surface area contributed by atoms with Crippen molar-refractivity contribution in [3.63, 3.8) is 0 Å². The Balaban J connectivity index is 1.53. The molecule has 1 saturated heterocycles. The van der Waals surface area contributed by atoms with Crippen LogP contribution in [0, 0.1) is 5.92 Å². The second kappa shape index (κ2) is 6.39. The minimum atomic E-state index is -0.0732. The Bertz CT molecular complexity index is 576. The van der Waals surface area contributed by atoms with Crippen LogP contribution in [0.5, 0.6) is 0 Å². The van der Waals surface area contributed by atoms with Crippen LogP contribution in [0.1, 0.15) is 30.5 Å². The van der Waals surface area contributed by atoms with E-state index in [0.29, 0.717) is 26.3 Å². The van der Waals surface area contributed by atoms with Gasteiger partial charge in [0.15, 0.2) is 0 Å². The number of hydrogen-bond acceptors (Lipinski definition) is 4. The van der Waals surface area contributed by atoms with Crippen LogP contribution in [0.2, 0.25) is 0 Å². The molecular formula is C15H21N3O3. The van der Waals surface area contributed by atoms with Gasteiger partial charge in [-0.25, -0.2) is 4.68 Å². The molecule has 0 unspecified atom stereocenters. The average molecular weight is 291 g/mol. The van der Waals surface area contributed by atoms with E-state index in [4.69, 9.17) is 4.74 Å². The number of rotatable bonds is 4. The zero-order chi connectivity index (χ0) is 14.7. The molecule has 0 aromatic carbocycles. The Morgan fingerprint density at radius 3 is 3.00 bits per heavy atom. The Kier molecular flexibility index (Phi) is 4.34. The first-order valence-corrected chi connectivity index (χ1v) is 7.69. The molecule has 0 atom stereocenters. The van der Waals surface area contributed by atoms with Gasteiger partial charge in [-0.2, -0.15) is 5.10 Å². The van der Waals surface area contributed by atoms with Crippen molar-refractivity contribution in [1.29, 1.82) is 0 Å². The van der Waals surface area contributed by atoms with Crippen molar-refractivity contribution in [3.05, 3.63) is 27.7 Å². The molecular weight excluding hydrogens is 270 g/mol. The normalized spacial score (nSPS) is 18.5. The summed E-state index contributed by atoms with van der Waals surface area (Å²) in [7, 11) is 0. The number of amides is 1. The molecule has 1 N–H and O–H groups in total. The van der Waals surface area contributed by atoms with Crippen LogP contribution in [0.3, 0.4) is 0 Å². The highest BCUT2D eigenvalue weighted by Gasteiger charge is 2.21. The molecule has 1 aromatic heterocycles. The van der Waals surface area contributed by atoms with Crippen molar-refractivity contribution in [1.82, 2.24) is 15.1 Å². The van der Waals surface area contributed by atoms with Gasteiger partial charge in [-0.3, -0.25) is 9.59 Å². The van der Waals surface area contributed by atoms with Crippen molar-refractivity contribution in [3.8, 4) is 0 Å². The predicted octanol–water partition coefficient (Wildman–Crippen LogP) is 0.275. The number of hydrogen-bond donors (Lipinski definition) is 1. The number of carbonyl (C=O) groups is 1. The second-order valence-corrected chi connectivity index (χ2v) is 5.71. The first-order valence-electron chi connectivity index (χ1n) is 7.69. The maximum absolute atomic E-state index is 12.0. The lowest BCUT2D eigenvalue weighted by Gasteiger charge is -2.21. The lowest BCUT2D eigenvalue weighted by atomic mass is 9.99. The Hall–Kier alpha value is -1.69. The summed E-state index contributed by atoms with van der Waals surface area (Å²) < 4.78 is 6.71. The van der Waals surface area contributed by atoms with Gasteiger partial charge in [-0.1, -0.05) is 0 Å². The zero-order valence-corrected chi connectivity index (χ0v) is 12.1. The first-order chi connectivity index (χ1) is 10.2. The van der Waals surface area contributed by atoms with Crippen molar-refractivity contribution in [2.45, 2.75) is 38.6 Å². The molecule has 1 aliphatic heterocycles. The second-order valence-electron chi connectivity index (χ2n) is 5.71. The topological polar surface area (TPSA) is 73.2 Å². The van der Waals surface area contributed by atoms with E-state index in [1.54, 1.807) is 6.07 Å². The fourth-order valence-electron chi connectivity index (χ4n) is 2.99. The van der Waals surface area contributed by atoms with Crippen molar-refractivity contribution in [2.24, 2.45) is 5.92 Å². The van der Waals surface area contributed by atoms with E-state index in [0.717, 1.165) is 43.4 Å². The Morgan fingerprint density at radius 1 is 1.38 bits per heavy atom. The molecule has 1 aromatic rings. The van der Waals surface area contributed by atoms with Crippen LogP contribution in [0.15, 0.2) is 10.9 Å². The van der Waals surface area contributed by atoms with Gasteiger partial charge < -0.3 is 10.1 Å². The monoisotopic (exact) mass is 291 g/mol.